The molecule has 0 saturated carbocycles. The van der Waals surface area contributed by atoms with E-state index in [0.29, 0.717) is 0 Å². The number of urea groups is 1. The number of alkyl halides is 3. The summed E-state index contributed by atoms with van der Waals surface area (Å²) >= 11 is 0. The van der Waals surface area contributed by atoms with Gasteiger partial charge in [0.2, 0.25) is 5.72 Å². The smallest absolute Gasteiger partial charge is 0.437 e. The molecule has 0 bridgehead atoms. The van der Waals surface area contributed by atoms with Gasteiger partial charge >= 0.3 is 12.2 Å². The Morgan fingerprint density at radius 3 is 2.53 bits per heavy atom. The zero-order chi connectivity index (χ0) is 22.1. The lowest BCUT2D eigenvalue weighted by atomic mass is 9.77. The van der Waals surface area contributed by atoms with Crippen LogP contribution in [0.4, 0.5) is 18.0 Å². The molecule has 2 heterocycles. The molecule has 1 aliphatic rings. The minimum Gasteiger partial charge on any atom is -0.497 e. The summed E-state index contributed by atoms with van der Waals surface area (Å²) in [7, 11) is 2.62. The van der Waals surface area contributed by atoms with Crippen molar-refractivity contribution in [2.75, 3.05) is 14.2 Å². The van der Waals surface area contributed by atoms with Crippen molar-refractivity contribution in [2.24, 2.45) is 5.92 Å². The number of nitrogens with one attached hydrogen (secondary N) is 2. The van der Waals surface area contributed by atoms with Gasteiger partial charge < -0.3 is 25.2 Å². The van der Waals surface area contributed by atoms with Gasteiger partial charge in [0.15, 0.2) is 5.78 Å². The largest absolute Gasteiger partial charge is 0.497 e. The number of ether oxygens (including phenoxy) is 2. The minimum atomic E-state index is -5.36. The van der Waals surface area contributed by atoms with Gasteiger partial charge in [-0.1, -0.05) is 0 Å². The number of Topliss-reactive ketones (excluding diaryl/α,β-unsaturated/α-hetero) is 1. The fourth-order valence-electron chi connectivity index (χ4n) is 3.37. The number of hydrogen-bond donors (Lipinski definition) is 3. The molecule has 1 saturated heterocycles. The summed E-state index contributed by atoms with van der Waals surface area (Å²) in [6.45, 7) is 0. The first-order chi connectivity index (χ1) is 14.1. The van der Waals surface area contributed by atoms with Crippen LogP contribution in [-0.2, 0) is 0 Å². The number of methoxy groups -OCH3 is 2. The van der Waals surface area contributed by atoms with Crippen LogP contribution in [-0.4, -0.2) is 48.0 Å². The monoisotopic (exact) mass is 425 g/mol. The van der Waals surface area contributed by atoms with Crippen LogP contribution in [0.5, 0.6) is 11.5 Å². The van der Waals surface area contributed by atoms with Crippen molar-refractivity contribution < 1.29 is 37.3 Å². The first-order valence-electron chi connectivity index (χ1n) is 8.66. The summed E-state index contributed by atoms with van der Waals surface area (Å²) in [4.78, 5) is 29.0. The Kier molecular flexibility index (Phi) is 5.57. The third-order valence-electron chi connectivity index (χ3n) is 4.81. The molecule has 3 N–H and O–H groups in total. The van der Waals surface area contributed by atoms with Gasteiger partial charge in [0.05, 0.1) is 20.3 Å². The number of hydrogen-bond acceptors (Lipinski definition) is 6. The number of ketones is 1. The van der Waals surface area contributed by atoms with Crippen LogP contribution in [0, 0.1) is 5.92 Å². The summed E-state index contributed by atoms with van der Waals surface area (Å²) in [6, 6.07) is 3.98. The van der Waals surface area contributed by atoms with Gasteiger partial charge in [0.1, 0.15) is 17.4 Å². The second kappa shape index (κ2) is 7.82. The predicted molar refractivity (Wildman–Crippen MR) is 97.0 cm³/mol. The van der Waals surface area contributed by atoms with Crippen LogP contribution in [0.3, 0.4) is 0 Å². The highest BCUT2D eigenvalue weighted by atomic mass is 19.4. The number of carbonyl (C=O) groups excluding carboxylic acids is 2. The molecule has 0 spiro atoms. The maximum absolute atomic E-state index is 13.9. The fourth-order valence-corrected chi connectivity index (χ4v) is 3.37. The number of carbonyl (C=O) groups is 2. The number of halogens is 3. The molecule has 0 unspecified atom stereocenters. The number of amides is 2. The van der Waals surface area contributed by atoms with E-state index in [0.717, 1.165) is 6.20 Å². The molecule has 1 aromatic heterocycles. The molecule has 1 fully saturated rings. The van der Waals surface area contributed by atoms with Gasteiger partial charge in [0.25, 0.3) is 0 Å². The average molecular weight is 425 g/mol. The average Bonchev–Trinajstić information content (AvgIpc) is 2.72. The molecule has 30 heavy (non-hydrogen) atoms. The number of pyridine rings is 1. The van der Waals surface area contributed by atoms with E-state index < -0.39 is 35.7 Å². The number of aliphatic hydroxyl groups is 1. The number of aromatic nitrogens is 1. The van der Waals surface area contributed by atoms with E-state index in [1.807, 2.05) is 0 Å². The lowest BCUT2D eigenvalue weighted by molar-refractivity contribution is -0.287. The summed E-state index contributed by atoms with van der Waals surface area (Å²) in [5.41, 5.74) is -3.99. The maximum Gasteiger partial charge on any atom is 0.437 e. The highest BCUT2D eigenvalue weighted by Gasteiger charge is 2.66. The zero-order valence-corrected chi connectivity index (χ0v) is 15.9. The van der Waals surface area contributed by atoms with Crippen LogP contribution in [0.1, 0.15) is 22.0 Å². The van der Waals surface area contributed by atoms with E-state index >= 15 is 0 Å². The molecule has 160 valence electrons. The molecule has 0 aliphatic carbocycles. The molecule has 0 radical (unpaired) electrons. The molecular formula is C19H18F3N3O5. The van der Waals surface area contributed by atoms with Crippen molar-refractivity contribution in [3.8, 4) is 11.5 Å². The third-order valence-corrected chi connectivity index (χ3v) is 4.81. The Balaban J connectivity index is 2.23. The van der Waals surface area contributed by atoms with Crippen LogP contribution < -0.4 is 20.1 Å². The van der Waals surface area contributed by atoms with Crippen LogP contribution in [0.15, 0.2) is 42.7 Å². The van der Waals surface area contributed by atoms with Gasteiger partial charge in [-0.25, -0.2) is 4.79 Å². The van der Waals surface area contributed by atoms with Crippen molar-refractivity contribution >= 4 is 11.8 Å². The molecule has 3 atom stereocenters. The Morgan fingerprint density at radius 1 is 1.23 bits per heavy atom. The lowest BCUT2D eigenvalue weighted by Crippen LogP contribution is -2.72. The summed E-state index contributed by atoms with van der Waals surface area (Å²) < 4.78 is 52.1. The SMILES string of the molecule is COc1ccc(OC)c([C@@H]2NC(=O)N[C@](O)(C(F)(F)F)[C@H]2C(=O)c2cccnc2)c1. The molecule has 3 rings (SSSR count). The lowest BCUT2D eigenvalue weighted by Gasteiger charge is -2.45. The first-order valence-corrected chi connectivity index (χ1v) is 8.66. The van der Waals surface area contributed by atoms with Gasteiger partial charge in [-0.15, -0.1) is 0 Å². The van der Waals surface area contributed by atoms with Gasteiger partial charge in [-0.2, -0.15) is 13.2 Å². The van der Waals surface area contributed by atoms with Gasteiger partial charge in [-0.05, 0) is 30.3 Å². The highest BCUT2D eigenvalue weighted by molar-refractivity contribution is 6.00. The first kappa shape index (κ1) is 21.4. The topological polar surface area (TPSA) is 110 Å². The Hall–Kier alpha value is -3.34. The van der Waals surface area contributed by atoms with Crippen molar-refractivity contribution in [3.63, 3.8) is 0 Å². The van der Waals surface area contributed by atoms with E-state index in [1.165, 1.54) is 56.1 Å². The normalized spacial score (nSPS) is 23.9. The fraction of sp³-hybridized carbons (Fsp3) is 0.316. The van der Waals surface area contributed by atoms with Crippen molar-refractivity contribution in [3.05, 3.63) is 53.9 Å². The molecule has 1 aliphatic heterocycles. The third kappa shape index (κ3) is 3.63. The molecule has 8 nitrogen and oxygen atoms in total. The molecule has 2 amide bonds. The summed E-state index contributed by atoms with van der Waals surface area (Å²) in [5.74, 6) is -2.93. The van der Waals surface area contributed by atoms with Crippen LogP contribution in [0.25, 0.3) is 0 Å². The predicted octanol–water partition coefficient (Wildman–Crippen LogP) is 2.20. The summed E-state index contributed by atoms with van der Waals surface area (Å²) in [5, 5.41) is 14.3. The van der Waals surface area contributed by atoms with E-state index in [9.17, 15) is 27.9 Å². The van der Waals surface area contributed by atoms with E-state index in [-0.39, 0.29) is 22.6 Å². The Bertz CT molecular complexity index is 954. The molecule has 2 aromatic rings. The van der Waals surface area contributed by atoms with Crippen LogP contribution in [0.2, 0.25) is 0 Å². The highest BCUT2D eigenvalue weighted by Crippen LogP contribution is 2.46. The number of rotatable bonds is 5. The zero-order valence-electron chi connectivity index (χ0n) is 15.9. The van der Waals surface area contributed by atoms with Crippen molar-refractivity contribution in [1.82, 2.24) is 15.6 Å². The van der Waals surface area contributed by atoms with Crippen molar-refractivity contribution in [1.29, 1.82) is 0 Å². The second-order valence-electron chi connectivity index (χ2n) is 6.53. The minimum absolute atomic E-state index is 0.0246. The van der Waals surface area contributed by atoms with Crippen molar-refractivity contribution in [2.45, 2.75) is 17.9 Å². The van der Waals surface area contributed by atoms with Crippen LogP contribution >= 0.6 is 0 Å². The summed E-state index contributed by atoms with van der Waals surface area (Å²) in [6.07, 6.45) is -2.94. The number of benzene rings is 1. The van der Waals surface area contributed by atoms with Gasteiger partial charge in [0, 0.05) is 23.5 Å². The maximum atomic E-state index is 13.9. The number of nitrogens with zero attached hydrogens (tertiary/aromatic N) is 1. The molecular weight excluding hydrogens is 407 g/mol. The Morgan fingerprint density at radius 2 is 1.97 bits per heavy atom. The molecule has 11 heteroatoms. The standard InChI is InChI=1S/C19H18F3N3O5/c1-29-11-5-6-13(30-2)12(8-11)15-14(16(26)10-4-3-7-23-9-10)18(28,19(20,21)22)25-17(27)24-15/h3-9,14-15,28H,1-2H3,(H2,24,25,27)/t14-,15+,18-/m1/s1. The quantitative estimate of drug-likeness (QED) is 0.634. The second-order valence-corrected chi connectivity index (χ2v) is 6.53. The van der Waals surface area contributed by atoms with E-state index in [4.69, 9.17) is 9.47 Å². The van der Waals surface area contributed by atoms with E-state index in [2.05, 4.69) is 10.3 Å². The van der Waals surface area contributed by atoms with E-state index in [1.54, 1.807) is 0 Å². The van der Waals surface area contributed by atoms with Gasteiger partial charge in [-0.3, -0.25) is 9.78 Å². The Labute approximate surface area is 169 Å². The molecule has 1 aromatic carbocycles.